The third-order valence-electron chi connectivity index (χ3n) is 8.05. The molecule has 3 rings (SSSR count). The van der Waals surface area contributed by atoms with E-state index in [1.165, 1.54) is 13.0 Å². The topological polar surface area (TPSA) is 99.1 Å². The summed E-state index contributed by atoms with van der Waals surface area (Å²) in [6.07, 6.45) is 6.89. The molecule has 182 valence electrons. The van der Waals surface area contributed by atoms with Crippen molar-refractivity contribution in [3.8, 4) is 0 Å². The number of hydrogen-bond donors (Lipinski definition) is 1. The van der Waals surface area contributed by atoms with Gasteiger partial charge < -0.3 is 19.3 Å². The highest BCUT2D eigenvalue weighted by Crippen LogP contribution is 2.63. The number of carbonyl (C=O) groups excluding carboxylic acids is 3. The van der Waals surface area contributed by atoms with Crippen molar-refractivity contribution in [1.29, 1.82) is 0 Å². The fourth-order valence-corrected chi connectivity index (χ4v) is 5.73. The average molecular weight is 461 g/mol. The summed E-state index contributed by atoms with van der Waals surface area (Å²) in [5.74, 6) is -1.90. The van der Waals surface area contributed by atoms with Crippen LogP contribution in [0, 0.1) is 22.7 Å². The van der Waals surface area contributed by atoms with E-state index in [4.69, 9.17) is 14.2 Å². The second-order valence-electron chi connectivity index (χ2n) is 10.4. The van der Waals surface area contributed by atoms with E-state index in [0.29, 0.717) is 5.57 Å². The third kappa shape index (κ3) is 4.16. The second-order valence-corrected chi connectivity index (χ2v) is 10.4. The molecule has 1 heterocycles. The van der Waals surface area contributed by atoms with Crippen LogP contribution in [0.15, 0.2) is 35.5 Å². The molecule has 7 heteroatoms. The molecule has 1 fully saturated rings. The lowest BCUT2D eigenvalue weighted by Crippen LogP contribution is -2.72. The average Bonchev–Trinajstić information content (AvgIpc) is 3.14. The molecule has 1 aliphatic heterocycles. The molecule has 0 saturated heterocycles. The predicted octanol–water partition coefficient (Wildman–Crippen LogP) is 3.66. The van der Waals surface area contributed by atoms with Gasteiger partial charge in [-0.1, -0.05) is 51.5 Å². The van der Waals surface area contributed by atoms with Crippen molar-refractivity contribution in [2.24, 2.45) is 22.7 Å². The fourth-order valence-electron chi connectivity index (χ4n) is 5.73. The second kappa shape index (κ2) is 8.75. The summed E-state index contributed by atoms with van der Waals surface area (Å²) in [4.78, 5) is 36.4. The van der Waals surface area contributed by atoms with E-state index in [0.717, 1.165) is 18.4 Å². The number of carbonyl (C=O) groups is 3. The van der Waals surface area contributed by atoms with E-state index >= 15 is 0 Å². The Kier molecular flexibility index (Phi) is 6.68. The van der Waals surface area contributed by atoms with Crippen molar-refractivity contribution in [1.82, 2.24) is 0 Å². The lowest BCUT2D eigenvalue weighted by molar-refractivity contribution is -0.266. The van der Waals surface area contributed by atoms with Gasteiger partial charge >= 0.3 is 17.9 Å². The normalized spacial score (nSPS) is 38.5. The van der Waals surface area contributed by atoms with Crippen LogP contribution in [0.1, 0.15) is 61.3 Å². The van der Waals surface area contributed by atoms with Crippen molar-refractivity contribution < 1.29 is 33.7 Å². The Morgan fingerprint density at radius 2 is 1.88 bits per heavy atom. The van der Waals surface area contributed by atoms with Gasteiger partial charge in [0.2, 0.25) is 0 Å². The zero-order valence-electron chi connectivity index (χ0n) is 20.6. The third-order valence-corrected chi connectivity index (χ3v) is 8.05. The molecular formula is C26H36O7. The number of fused-ring (bicyclic) bond motifs is 1. The SMILES string of the molecule is CC(=O)OC1C(OC(=O)C(C)C)C(C)(O)C(C)(C=CC2=CC(=O)OC2)C2CCC=C(C)C12C. The highest BCUT2D eigenvalue weighted by atomic mass is 16.6. The molecule has 7 nitrogen and oxygen atoms in total. The van der Waals surface area contributed by atoms with Crippen LogP contribution >= 0.6 is 0 Å². The van der Waals surface area contributed by atoms with Crippen LogP contribution in [-0.4, -0.2) is 47.4 Å². The molecule has 6 atom stereocenters. The van der Waals surface area contributed by atoms with Crippen molar-refractivity contribution in [2.45, 2.75) is 79.1 Å². The molecule has 0 aromatic carbocycles. The van der Waals surface area contributed by atoms with Crippen molar-refractivity contribution in [2.75, 3.05) is 6.61 Å². The summed E-state index contributed by atoms with van der Waals surface area (Å²) in [5, 5.41) is 12.1. The van der Waals surface area contributed by atoms with Gasteiger partial charge in [0.1, 0.15) is 12.2 Å². The molecule has 0 amide bonds. The Morgan fingerprint density at radius 3 is 2.42 bits per heavy atom. The van der Waals surface area contributed by atoms with Gasteiger partial charge in [-0.3, -0.25) is 9.59 Å². The van der Waals surface area contributed by atoms with Crippen LogP contribution < -0.4 is 0 Å². The molecule has 0 aromatic rings. The molecule has 2 aliphatic carbocycles. The van der Waals surface area contributed by atoms with E-state index in [1.807, 2.05) is 26.8 Å². The maximum Gasteiger partial charge on any atom is 0.331 e. The lowest BCUT2D eigenvalue weighted by atomic mass is 9.44. The number of rotatable bonds is 5. The molecular weight excluding hydrogens is 424 g/mol. The quantitative estimate of drug-likeness (QED) is 0.380. The number of aliphatic hydroxyl groups is 1. The van der Waals surface area contributed by atoms with Gasteiger partial charge in [-0.25, -0.2) is 4.79 Å². The number of ether oxygens (including phenoxy) is 3. The van der Waals surface area contributed by atoms with Gasteiger partial charge in [0.05, 0.1) is 5.92 Å². The Hall–Kier alpha value is -2.41. The highest BCUT2D eigenvalue weighted by molar-refractivity contribution is 5.86. The summed E-state index contributed by atoms with van der Waals surface area (Å²) >= 11 is 0. The largest absolute Gasteiger partial charge is 0.458 e. The Morgan fingerprint density at radius 1 is 1.21 bits per heavy atom. The Bertz CT molecular complexity index is 925. The number of allylic oxidation sites excluding steroid dienone is 1. The van der Waals surface area contributed by atoms with Crippen molar-refractivity contribution in [3.63, 3.8) is 0 Å². The van der Waals surface area contributed by atoms with Crippen molar-refractivity contribution in [3.05, 3.63) is 35.5 Å². The Balaban J connectivity index is 2.19. The van der Waals surface area contributed by atoms with Gasteiger partial charge in [-0.2, -0.15) is 0 Å². The standard InChI is InChI=1S/C26H36O7/c1-15(2)23(29)33-22-21(32-17(4)27)25(6)16(3)9-8-10-19(25)24(5,26(22,7)30)12-11-18-13-20(28)31-14-18/h9,11-13,15,19,21-22,30H,8,10,14H2,1-7H3. The molecule has 0 aromatic heterocycles. The van der Waals surface area contributed by atoms with Crippen LogP contribution in [-0.2, 0) is 28.6 Å². The molecule has 1 saturated carbocycles. The molecule has 3 aliphatic rings. The minimum absolute atomic E-state index is 0.127. The first kappa shape index (κ1) is 25.2. The summed E-state index contributed by atoms with van der Waals surface area (Å²) < 4.78 is 16.8. The van der Waals surface area contributed by atoms with Crippen LogP contribution in [0.3, 0.4) is 0 Å². The van der Waals surface area contributed by atoms with E-state index in [2.05, 4.69) is 6.08 Å². The summed E-state index contributed by atoms with van der Waals surface area (Å²) in [6, 6.07) is 0. The smallest absolute Gasteiger partial charge is 0.331 e. The highest BCUT2D eigenvalue weighted by Gasteiger charge is 2.69. The summed E-state index contributed by atoms with van der Waals surface area (Å²) in [6.45, 7) is 12.6. The Labute approximate surface area is 195 Å². The van der Waals surface area contributed by atoms with E-state index in [9.17, 15) is 19.5 Å². The zero-order valence-corrected chi connectivity index (χ0v) is 20.6. The van der Waals surface area contributed by atoms with Crippen LogP contribution in [0.4, 0.5) is 0 Å². The minimum atomic E-state index is -1.57. The van der Waals surface area contributed by atoms with Gasteiger partial charge in [0, 0.05) is 23.8 Å². The molecule has 0 bridgehead atoms. The van der Waals surface area contributed by atoms with Crippen LogP contribution in [0.25, 0.3) is 0 Å². The van der Waals surface area contributed by atoms with Crippen molar-refractivity contribution >= 4 is 17.9 Å². The monoisotopic (exact) mass is 460 g/mol. The maximum absolute atomic E-state index is 12.7. The molecule has 6 unspecified atom stereocenters. The molecule has 1 N–H and O–H groups in total. The van der Waals surface area contributed by atoms with Gasteiger partial charge in [-0.05, 0) is 38.2 Å². The maximum atomic E-state index is 12.7. The summed E-state index contributed by atoms with van der Waals surface area (Å²) in [7, 11) is 0. The first-order valence-corrected chi connectivity index (χ1v) is 11.6. The number of cyclic esters (lactones) is 1. The summed E-state index contributed by atoms with van der Waals surface area (Å²) in [5.41, 5.74) is -1.38. The molecule has 0 spiro atoms. The van der Waals surface area contributed by atoms with E-state index in [1.54, 1.807) is 26.8 Å². The molecule has 33 heavy (non-hydrogen) atoms. The lowest BCUT2D eigenvalue weighted by Gasteiger charge is -2.64. The van der Waals surface area contributed by atoms with E-state index in [-0.39, 0.29) is 12.5 Å². The zero-order chi connectivity index (χ0) is 24.8. The minimum Gasteiger partial charge on any atom is -0.458 e. The fraction of sp³-hybridized carbons (Fsp3) is 0.654. The number of hydrogen-bond acceptors (Lipinski definition) is 7. The first-order chi connectivity index (χ1) is 15.2. The van der Waals surface area contributed by atoms with Crippen LogP contribution in [0.5, 0.6) is 0 Å². The van der Waals surface area contributed by atoms with Gasteiger partial charge in [0.15, 0.2) is 12.2 Å². The van der Waals surface area contributed by atoms with E-state index < -0.39 is 52.5 Å². The van der Waals surface area contributed by atoms with Gasteiger partial charge in [0.25, 0.3) is 0 Å². The predicted molar refractivity (Wildman–Crippen MR) is 122 cm³/mol. The number of esters is 3. The van der Waals surface area contributed by atoms with Gasteiger partial charge in [-0.15, -0.1) is 0 Å². The molecule has 0 radical (unpaired) electrons. The van der Waals surface area contributed by atoms with Crippen LogP contribution in [0.2, 0.25) is 0 Å². The first-order valence-electron chi connectivity index (χ1n) is 11.6.